The van der Waals surface area contributed by atoms with E-state index >= 15 is 0 Å². The average molecular weight is 415 g/mol. The summed E-state index contributed by atoms with van der Waals surface area (Å²) in [6.07, 6.45) is 3.30. The highest BCUT2D eigenvalue weighted by molar-refractivity contribution is 5.94. The Morgan fingerprint density at radius 2 is 2.33 bits per heavy atom. The molecule has 1 aromatic carbocycles. The molecular formula is C20H22FN5O4. The van der Waals surface area contributed by atoms with Gasteiger partial charge in [-0.1, -0.05) is 0 Å². The zero-order valence-electron chi connectivity index (χ0n) is 16.6. The lowest BCUT2D eigenvalue weighted by Gasteiger charge is -2.27. The summed E-state index contributed by atoms with van der Waals surface area (Å²) in [5.41, 5.74) is 6.74. The largest absolute Gasteiger partial charge is 0.483 e. The van der Waals surface area contributed by atoms with Crippen LogP contribution in [-0.4, -0.2) is 51.5 Å². The first-order chi connectivity index (χ1) is 14.4. The number of fused-ring (bicyclic) bond motifs is 2. The number of aromatic nitrogens is 3. The number of nitrogens with one attached hydrogen (secondary N) is 1. The molecular weight excluding hydrogens is 393 g/mol. The van der Waals surface area contributed by atoms with Gasteiger partial charge >= 0.3 is 5.97 Å². The maximum atomic E-state index is 14.3. The molecule has 0 saturated carbocycles. The van der Waals surface area contributed by atoms with E-state index in [1.54, 1.807) is 19.4 Å². The maximum Gasteiger partial charge on any atom is 0.341 e. The highest BCUT2D eigenvalue weighted by atomic mass is 19.1. The van der Waals surface area contributed by atoms with E-state index in [0.29, 0.717) is 30.2 Å². The van der Waals surface area contributed by atoms with Crippen LogP contribution in [0, 0.1) is 5.82 Å². The number of nitrogens with two attached hydrogens (primary N) is 1. The van der Waals surface area contributed by atoms with Gasteiger partial charge < -0.3 is 25.6 Å². The third-order valence-corrected chi connectivity index (χ3v) is 5.20. The van der Waals surface area contributed by atoms with Crippen molar-refractivity contribution in [1.29, 1.82) is 0 Å². The van der Waals surface area contributed by atoms with Crippen molar-refractivity contribution in [2.24, 2.45) is 5.73 Å². The van der Waals surface area contributed by atoms with E-state index in [0.717, 1.165) is 5.56 Å². The van der Waals surface area contributed by atoms with E-state index in [1.165, 1.54) is 22.8 Å². The lowest BCUT2D eigenvalue weighted by molar-refractivity contribution is 0.0125. The van der Waals surface area contributed by atoms with Crippen LogP contribution in [0.3, 0.4) is 0 Å². The van der Waals surface area contributed by atoms with Crippen LogP contribution in [0.1, 0.15) is 34.5 Å². The second kappa shape index (κ2) is 7.54. The van der Waals surface area contributed by atoms with Crippen molar-refractivity contribution < 1.29 is 23.8 Å². The van der Waals surface area contributed by atoms with Crippen molar-refractivity contribution in [2.45, 2.75) is 25.0 Å². The number of carboxylic acid groups (broad SMARTS) is 1. The number of nitrogens with zero attached hydrogens (tertiary/aromatic N) is 3. The number of carbonyl (C=O) groups is 1. The van der Waals surface area contributed by atoms with Crippen molar-refractivity contribution >= 4 is 17.4 Å². The molecule has 4 N–H and O–H groups in total. The molecule has 30 heavy (non-hydrogen) atoms. The third kappa shape index (κ3) is 3.44. The Kier molecular flexibility index (Phi) is 5.04. The van der Waals surface area contributed by atoms with Crippen molar-refractivity contribution in [3.8, 4) is 5.75 Å². The molecule has 0 saturated heterocycles. The number of methoxy groups -OCH3 is 1. The van der Waals surface area contributed by atoms with E-state index in [9.17, 15) is 14.3 Å². The number of halogens is 1. The first-order valence-electron chi connectivity index (χ1n) is 9.40. The van der Waals surface area contributed by atoms with Crippen LogP contribution in [-0.2, 0) is 11.2 Å². The van der Waals surface area contributed by atoms with Crippen molar-refractivity contribution in [3.05, 3.63) is 53.1 Å². The van der Waals surface area contributed by atoms with Gasteiger partial charge in [-0.15, -0.1) is 0 Å². The Morgan fingerprint density at radius 1 is 1.53 bits per heavy atom. The van der Waals surface area contributed by atoms with Gasteiger partial charge in [-0.05, 0) is 25.1 Å². The van der Waals surface area contributed by atoms with E-state index in [4.69, 9.17) is 15.2 Å². The van der Waals surface area contributed by atoms with Crippen molar-refractivity contribution in [2.75, 3.05) is 25.6 Å². The molecule has 1 aliphatic rings. The van der Waals surface area contributed by atoms with Crippen molar-refractivity contribution in [3.63, 3.8) is 0 Å². The van der Waals surface area contributed by atoms with Crippen LogP contribution in [0.25, 0.3) is 5.65 Å². The molecule has 9 nitrogen and oxygen atoms in total. The molecule has 0 aliphatic carbocycles. The summed E-state index contributed by atoms with van der Waals surface area (Å²) < 4.78 is 27.1. The Balaban J connectivity index is 1.65. The molecule has 0 fully saturated rings. The van der Waals surface area contributed by atoms with Gasteiger partial charge in [0.05, 0.1) is 18.8 Å². The van der Waals surface area contributed by atoms with Crippen LogP contribution in [0.4, 0.5) is 10.2 Å². The summed E-state index contributed by atoms with van der Waals surface area (Å²) in [7, 11) is 1.57. The fourth-order valence-corrected chi connectivity index (χ4v) is 3.77. The quantitative estimate of drug-likeness (QED) is 0.535. The molecule has 0 bridgehead atoms. The summed E-state index contributed by atoms with van der Waals surface area (Å²) in [5, 5.41) is 16.4. The average Bonchev–Trinajstić information content (AvgIpc) is 3.28. The van der Waals surface area contributed by atoms with Crippen LogP contribution in [0.15, 0.2) is 30.6 Å². The lowest BCUT2D eigenvalue weighted by Crippen LogP contribution is -2.46. The van der Waals surface area contributed by atoms with Gasteiger partial charge in [0.2, 0.25) is 0 Å². The van der Waals surface area contributed by atoms with E-state index in [-0.39, 0.29) is 29.6 Å². The van der Waals surface area contributed by atoms with Gasteiger partial charge in [0, 0.05) is 37.4 Å². The molecule has 1 aliphatic heterocycles. The zero-order chi connectivity index (χ0) is 21.5. The molecule has 1 unspecified atom stereocenters. The fraction of sp³-hybridized carbons (Fsp3) is 0.350. The molecule has 0 amide bonds. The molecule has 4 rings (SSSR count). The summed E-state index contributed by atoms with van der Waals surface area (Å²) >= 11 is 0. The number of ether oxygens (including phenoxy) is 2. The molecule has 3 heterocycles. The Hall–Kier alpha value is -3.24. The highest BCUT2D eigenvalue weighted by Gasteiger charge is 2.40. The predicted molar refractivity (Wildman–Crippen MR) is 106 cm³/mol. The standard InChI is InChI=1S/C20H22FN5O4/c1-11(24-16-3-4-26-18(25-16)15(8-23-26)19(27)28)14-6-13(21)5-12-7-20(9-22,10-29-2)30-17(12)14/h3-6,8,11H,7,9-10,22H2,1-2H3,(H,24,25)(H,27,28)/t11-,20?/m1/s1. The monoisotopic (exact) mass is 415 g/mol. The smallest absolute Gasteiger partial charge is 0.341 e. The summed E-state index contributed by atoms with van der Waals surface area (Å²) in [6.45, 7) is 2.37. The molecule has 0 radical (unpaired) electrons. The number of anilines is 1. The number of carboxylic acids is 1. The second-order valence-corrected chi connectivity index (χ2v) is 7.39. The number of hydrogen-bond donors (Lipinski definition) is 3. The minimum Gasteiger partial charge on any atom is -0.483 e. The van der Waals surface area contributed by atoms with E-state index in [1.807, 2.05) is 6.92 Å². The summed E-state index contributed by atoms with van der Waals surface area (Å²) in [6, 6.07) is 4.15. The van der Waals surface area contributed by atoms with Gasteiger partial charge in [-0.2, -0.15) is 5.10 Å². The van der Waals surface area contributed by atoms with E-state index < -0.39 is 11.6 Å². The Morgan fingerprint density at radius 3 is 3.03 bits per heavy atom. The predicted octanol–water partition coefficient (Wildman–Crippen LogP) is 2.02. The van der Waals surface area contributed by atoms with Gasteiger partial charge in [0.15, 0.2) is 5.65 Å². The lowest BCUT2D eigenvalue weighted by atomic mass is 9.96. The second-order valence-electron chi connectivity index (χ2n) is 7.39. The van der Waals surface area contributed by atoms with Gasteiger partial charge in [0.25, 0.3) is 0 Å². The first-order valence-corrected chi connectivity index (χ1v) is 9.40. The SMILES string of the molecule is COCC1(CN)Cc2cc(F)cc([C@@H](C)Nc3ccn4ncc(C(=O)O)c4n3)c2O1. The summed E-state index contributed by atoms with van der Waals surface area (Å²) in [4.78, 5) is 15.7. The molecule has 158 valence electrons. The number of rotatable bonds is 7. The van der Waals surface area contributed by atoms with E-state index in [2.05, 4.69) is 15.4 Å². The molecule has 3 aromatic rings. The molecule has 2 atom stereocenters. The van der Waals surface area contributed by atoms with Gasteiger partial charge in [-0.25, -0.2) is 18.7 Å². The topological polar surface area (TPSA) is 124 Å². The minimum absolute atomic E-state index is 0.00595. The number of benzene rings is 1. The third-order valence-electron chi connectivity index (χ3n) is 5.20. The molecule has 2 aromatic heterocycles. The number of aromatic carboxylic acids is 1. The zero-order valence-corrected chi connectivity index (χ0v) is 16.6. The Bertz CT molecular complexity index is 1120. The van der Waals surface area contributed by atoms with Crippen LogP contribution < -0.4 is 15.8 Å². The normalized spacial score (nSPS) is 18.8. The maximum absolute atomic E-state index is 14.3. The van der Waals surface area contributed by atoms with Gasteiger partial charge in [0.1, 0.15) is 28.5 Å². The van der Waals surface area contributed by atoms with Crippen LogP contribution in [0.5, 0.6) is 5.75 Å². The highest BCUT2D eigenvalue weighted by Crippen LogP contribution is 2.41. The van der Waals surface area contributed by atoms with Crippen LogP contribution in [0.2, 0.25) is 0 Å². The minimum atomic E-state index is -1.12. The fourth-order valence-electron chi connectivity index (χ4n) is 3.77. The summed E-state index contributed by atoms with van der Waals surface area (Å²) in [5.74, 6) is -0.486. The first kappa shape index (κ1) is 20.0. The van der Waals surface area contributed by atoms with Gasteiger partial charge in [-0.3, -0.25) is 0 Å². The molecule has 0 spiro atoms. The van der Waals surface area contributed by atoms with Crippen molar-refractivity contribution in [1.82, 2.24) is 14.6 Å². The van der Waals surface area contributed by atoms with Crippen LogP contribution >= 0.6 is 0 Å². The number of hydrogen-bond acceptors (Lipinski definition) is 7. The molecule has 10 heteroatoms. The Labute approximate surface area is 171 Å².